The van der Waals surface area contributed by atoms with Crippen LogP contribution in [0.1, 0.15) is 48.9 Å². The highest BCUT2D eigenvalue weighted by Crippen LogP contribution is 2.36. The Morgan fingerprint density at radius 3 is 2.70 bits per heavy atom. The minimum absolute atomic E-state index is 0.579. The molecule has 1 aliphatic heterocycles. The van der Waals surface area contributed by atoms with E-state index in [1.54, 1.807) is 5.56 Å². The van der Waals surface area contributed by atoms with Crippen LogP contribution in [0.5, 0.6) is 0 Å². The van der Waals surface area contributed by atoms with Gasteiger partial charge in [-0.1, -0.05) is 37.1 Å². The van der Waals surface area contributed by atoms with E-state index in [-0.39, 0.29) is 0 Å². The molecular formula is C18H30N2. The molecule has 0 saturated carbocycles. The minimum atomic E-state index is 0.579. The Kier molecular flexibility index (Phi) is 5.62. The van der Waals surface area contributed by atoms with E-state index in [0.717, 1.165) is 19.0 Å². The summed E-state index contributed by atoms with van der Waals surface area (Å²) in [5, 5.41) is 3.41. The lowest BCUT2D eigenvalue weighted by molar-refractivity contribution is 0.162. The Hall–Kier alpha value is -0.860. The van der Waals surface area contributed by atoms with E-state index in [9.17, 15) is 0 Å². The third kappa shape index (κ3) is 3.42. The number of hydrogen-bond acceptors (Lipinski definition) is 2. The molecule has 0 aliphatic carbocycles. The summed E-state index contributed by atoms with van der Waals surface area (Å²) in [4.78, 5) is 2.69. The molecular weight excluding hydrogens is 244 g/mol. The molecule has 1 aromatic carbocycles. The van der Waals surface area contributed by atoms with Crippen LogP contribution in [0, 0.1) is 19.8 Å². The number of nitrogens with zero attached hydrogens (tertiary/aromatic N) is 1. The van der Waals surface area contributed by atoms with Gasteiger partial charge in [-0.15, -0.1) is 0 Å². The van der Waals surface area contributed by atoms with Crippen LogP contribution in [0.4, 0.5) is 0 Å². The normalized spacial score (nSPS) is 24.6. The van der Waals surface area contributed by atoms with Gasteiger partial charge in [0.2, 0.25) is 0 Å². The second kappa shape index (κ2) is 7.24. The highest BCUT2D eigenvalue weighted by Gasteiger charge is 2.30. The first kappa shape index (κ1) is 15.5. The number of hydrogen-bond donors (Lipinski definition) is 1. The van der Waals surface area contributed by atoms with Gasteiger partial charge in [0, 0.05) is 6.04 Å². The summed E-state index contributed by atoms with van der Waals surface area (Å²) >= 11 is 0. The summed E-state index contributed by atoms with van der Waals surface area (Å²) in [5.41, 5.74) is 4.36. The number of benzene rings is 1. The smallest absolute Gasteiger partial charge is 0.0390 e. The van der Waals surface area contributed by atoms with Crippen LogP contribution in [0.2, 0.25) is 0 Å². The van der Waals surface area contributed by atoms with Crippen molar-refractivity contribution < 1.29 is 0 Å². The van der Waals surface area contributed by atoms with E-state index < -0.39 is 0 Å². The van der Waals surface area contributed by atoms with Gasteiger partial charge >= 0.3 is 0 Å². The summed E-state index contributed by atoms with van der Waals surface area (Å²) in [6, 6.07) is 7.56. The molecule has 1 aromatic rings. The molecule has 2 atom stereocenters. The Morgan fingerprint density at radius 2 is 2.05 bits per heavy atom. The molecule has 0 bridgehead atoms. The summed E-state index contributed by atoms with van der Waals surface area (Å²) in [5.74, 6) is 0.726. The second-order valence-electron chi connectivity index (χ2n) is 6.25. The number of likely N-dealkylation sites (tertiary alicyclic amines) is 1. The Morgan fingerprint density at radius 1 is 1.25 bits per heavy atom. The molecule has 112 valence electrons. The summed E-state index contributed by atoms with van der Waals surface area (Å²) in [6.07, 6.45) is 4.05. The Balaban J connectivity index is 2.37. The molecule has 1 aliphatic rings. The maximum absolute atomic E-state index is 3.41. The molecule has 1 heterocycles. The van der Waals surface area contributed by atoms with Crippen molar-refractivity contribution in [3.05, 3.63) is 34.9 Å². The Bertz CT molecular complexity index is 427. The molecule has 0 spiro atoms. The van der Waals surface area contributed by atoms with E-state index >= 15 is 0 Å². The van der Waals surface area contributed by atoms with Gasteiger partial charge in [-0.3, -0.25) is 4.90 Å². The van der Waals surface area contributed by atoms with Crippen LogP contribution in [0.3, 0.4) is 0 Å². The van der Waals surface area contributed by atoms with Crippen molar-refractivity contribution in [1.29, 1.82) is 0 Å². The van der Waals surface area contributed by atoms with Crippen LogP contribution < -0.4 is 5.32 Å². The maximum Gasteiger partial charge on any atom is 0.0390 e. The van der Waals surface area contributed by atoms with Crippen LogP contribution in [-0.4, -0.2) is 31.6 Å². The first-order valence-corrected chi connectivity index (χ1v) is 8.13. The average Bonchev–Trinajstić information content (AvgIpc) is 2.62. The van der Waals surface area contributed by atoms with Crippen molar-refractivity contribution in [1.82, 2.24) is 10.2 Å². The van der Waals surface area contributed by atoms with E-state index in [1.165, 1.54) is 36.9 Å². The molecule has 1 fully saturated rings. The van der Waals surface area contributed by atoms with Gasteiger partial charge in [0.15, 0.2) is 0 Å². The lowest BCUT2D eigenvalue weighted by Crippen LogP contribution is -2.36. The average molecular weight is 274 g/mol. The molecule has 2 nitrogen and oxygen atoms in total. The van der Waals surface area contributed by atoms with Crippen LogP contribution in [0.15, 0.2) is 18.2 Å². The monoisotopic (exact) mass is 274 g/mol. The van der Waals surface area contributed by atoms with Crippen LogP contribution in [0.25, 0.3) is 0 Å². The molecule has 2 rings (SSSR count). The first-order valence-electron chi connectivity index (χ1n) is 8.13. The zero-order valence-electron chi connectivity index (χ0n) is 13.6. The number of aryl methyl sites for hydroxylation is 2. The molecule has 1 N–H and O–H groups in total. The largest absolute Gasteiger partial charge is 0.319 e. The highest BCUT2D eigenvalue weighted by molar-refractivity contribution is 5.33. The zero-order valence-corrected chi connectivity index (χ0v) is 13.6. The fraction of sp³-hybridized carbons (Fsp3) is 0.667. The molecule has 1 saturated heterocycles. The van der Waals surface area contributed by atoms with Gasteiger partial charge in [0.05, 0.1) is 0 Å². The lowest BCUT2D eigenvalue weighted by Gasteiger charge is -2.36. The van der Waals surface area contributed by atoms with E-state index in [0.29, 0.717) is 6.04 Å². The third-order valence-electron chi connectivity index (χ3n) is 4.73. The molecule has 0 radical (unpaired) electrons. The summed E-state index contributed by atoms with van der Waals surface area (Å²) in [6.45, 7) is 10.3. The molecule has 0 aromatic heterocycles. The summed E-state index contributed by atoms with van der Waals surface area (Å²) < 4.78 is 0. The van der Waals surface area contributed by atoms with Crippen molar-refractivity contribution >= 4 is 0 Å². The van der Waals surface area contributed by atoms with Gasteiger partial charge in [-0.25, -0.2) is 0 Å². The van der Waals surface area contributed by atoms with Gasteiger partial charge in [0.25, 0.3) is 0 Å². The predicted octanol–water partition coefficient (Wildman–Crippen LogP) is 3.69. The topological polar surface area (TPSA) is 15.3 Å². The van der Waals surface area contributed by atoms with Crippen molar-refractivity contribution in [2.24, 2.45) is 5.92 Å². The number of nitrogens with one attached hydrogen (secondary N) is 1. The Labute approximate surface area is 124 Å². The van der Waals surface area contributed by atoms with Gasteiger partial charge in [-0.2, -0.15) is 0 Å². The van der Waals surface area contributed by atoms with Crippen LogP contribution >= 0.6 is 0 Å². The van der Waals surface area contributed by atoms with Crippen molar-refractivity contribution in [2.75, 3.05) is 26.7 Å². The van der Waals surface area contributed by atoms with Gasteiger partial charge in [0.1, 0.15) is 0 Å². The van der Waals surface area contributed by atoms with E-state index in [1.807, 2.05) is 0 Å². The van der Waals surface area contributed by atoms with Crippen molar-refractivity contribution in [2.45, 2.75) is 46.1 Å². The van der Waals surface area contributed by atoms with Gasteiger partial charge in [-0.05, 0) is 70.4 Å². The molecule has 2 heteroatoms. The standard InChI is InChI=1S/C18H30N2/c1-5-20-11-7-6-8-16(13-19-4)18(20)17-10-9-14(2)12-15(17)3/h9-10,12,16,18-19H,5-8,11,13H2,1-4H3. The fourth-order valence-corrected chi connectivity index (χ4v) is 3.76. The zero-order chi connectivity index (χ0) is 14.5. The van der Waals surface area contributed by atoms with Gasteiger partial charge < -0.3 is 5.32 Å². The van der Waals surface area contributed by atoms with E-state index in [4.69, 9.17) is 0 Å². The number of rotatable bonds is 4. The fourth-order valence-electron chi connectivity index (χ4n) is 3.76. The van der Waals surface area contributed by atoms with Crippen molar-refractivity contribution in [3.8, 4) is 0 Å². The molecule has 20 heavy (non-hydrogen) atoms. The SMILES string of the molecule is CCN1CCCCC(CNC)C1c1ccc(C)cc1C. The highest BCUT2D eigenvalue weighted by atomic mass is 15.2. The van der Waals surface area contributed by atoms with E-state index in [2.05, 4.69) is 56.2 Å². The quantitative estimate of drug-likeness (QED) is 0.901. The molecule has 0 amide bonds. The van der Waals surface area contributed by atoms with Crippen LogP contribution in [-0.2, 0) is 0 Å². The first-order chi connectivity index (χ1) is 9.67. The second-order valence-corrected chi connectivity index (χ2v) is 6.25. The van der Waals surface area contributed by atoms with Crippen molar-refractivity contribution in [3.63, 3.8) is 0 Å². The summed E-state index contributed by atoms with van der Waals surface area (Å²) in [7, 11) is 2.08. The lowest BCUT2D eigenvalue weighted by atomic mass is 9.86. The molecule has 2 unspecified atom stereocenters. The minimum Gasteiger partial charge on any atom is -0.319 e. The third-order valence-corrected chi connectivity index (χ3v) is 4.73. The maximum atomic E-state index is 3.41. The predicted molar refractivity (Wildman–Crippen MR) is 87.2 cm³/mol.